The average Bonchev–Trinajstić information content (AvgIpc) is 1.97. The van der Waals surface area contributed by atoms with Gasteiger partial charge in [-0.05, 0) is 0 Å². The molecule has 0 aliphatic heterocycles. The van der Waals surface area contributed by atoms with Crippen LogP contribution in [-0.4, -0.2) is 16.0 Å². The summed E-state index contributed by atoms with van der Waals surface area (Å²) in [6.45, 7) is 7.19. The minimum atomic E-state index is 1.25. The molecule has 0 saturated carbocycles. The maximum absolute atomic E-state index is 2.56. The van der Waals surface area contributed by atoms with Crippen LogP contribution in [0.1, 0.15) is 39.5 Å². The van der Waals surface area contributed by atoms with Gasteiger partial charge in [0.2, 0.25) is 0 Å². The third-order valence-electron chi connectivity index (χ3n) is 1.56. The van der Waals surface area contributed by atoms with Gasteiger partial charge in [-0.2, -0.15) is 0 Å². The van der Waals surface area contributed by atoms with Crippen LogP contribution in [-0.2, 0) is 24.7 Å². The van der Waals surface area contributed by atoms with E-state index < -0.39 is 0 Å². The Morgan fingerprint density at radius 1 is 1.00 bits per heavy atom. The monoisotopic (exact) mass is 308 g/mol. The summed E-state index contributed by atoms with van der Waals surface area (Å²) in [4.78, 5) is 0. The number of hydrogen-bond donors (Lipinski definition) is 0. The van der Waals surface area contributed by atoms with Crippen molar-refractivity contribution in [2.45, 2.75) is 39.5 Å². The second-order valence-electron chi connectivity index (χ2n) is 2.69. The summed E-state index contributed by atoms with van der Waals surface area (Å²) in [5.41, 5.74) is 0. The molecule has 0 heterocycles. The fraction of sp³-hybridized carbons (Fsp3) is 1.00. The van der Waals surface area contributed by atoms with Crippen LogP contribution in [0.25, 0.3) is 0 Å². The van der Waals surface area contributed by atoms with Crippen molar-refractivity contribution in [1.29, 1.82) is 0 Å². The van der Waals surface area contributed by atoms with E-state index in [0.29, 0.717) is 0 Å². The van der Waals surface area contributed by atoms with E-state index in [1.54, 1.807) is 0 Å². The molecule has 0 aromatic rings. The van der Waals surface area contributed by atoms with Crippen LogP contribution in [0.2, 0.25) is 0 Å². The summed E-state index contributed by atoms with van der Waals surface area (Å²) >= 11 is 1.25. The SMILES string of the molecule is CCCC[N]([Hf])CCCC. The molecule has 0 spiro atoms. The van der Waals surface area contributed by atoms with E-state index in [4.69, 9.17) is 0 Å². The first-order valence-corrected chi connectivity index (χ1v) is 5.88. The van der Waals surface area contributed by atoms with Crippen molar-refractivity contribution in [3.8, 4) is 0 Å². The van der Waals surface area contributed by atoms with E-state index in [1.807, 2.05) is 0 Å². The Kier molecular flexibility index (Phi) is 8.59. The predicted octanol–water partition coefficient (Wildman–Crippen LogP) is 2.35. The van der Waals surface area contributed by atoms with Gasteiger partial charge in [0, 0.05) is 0 Å². The third kappa shape index (κ3) is 6.94. The standard InChI is InChI=1S/C8H18N.Hf/c1-3-5-7-9-8-6-4-2;/h3-8H2,1-2H3;/q-1;+1. The van der Waals surface area contributed by atoms with Crippen molar-refractivity contribution in [1.82, 2.24) is 2.89 Å². The molecule has 0 aliphatic rings. The minimum absolute atomic E-state index is 1.25. The second-order valence-corrected chi connectivity index (χ2v) is 4.97. The summed E-state index contributed by atoms with van der Waals surface area (Å²) in [5.74, 6) is 0. The normalized spacial score (nSPS) is 10.6. The first-order chi connectivity index (χ1) is 4.81. The van der Waals surface area contributed by atoms with Gasteiger partial charge in [-0.3, -0.25) is 0 Å². The van der Waals surface area contributed by atoms with Crippen molar-refractivity contribution in [3.63, 3.8) is 0 Å². The van der Waals surface area contributed by atoms with Crippen LogP contribution in [0.5, 0.6) is 0 Å². The Morgan fingerprint density at radius 2 is 1.40 bits per heavy atom. The molecule has 0 aromatic heterocycles. The molecule has 0 unspecified atom stereocenters. The van der Waals surface area contributed by atoms with Crippen LogP contribution < -0.4 is 0 Å². The van der Waals surface area contributed by atoms with Crippen LogP contribution in [0, 0.1) is 0 Å². The number of nitrogens with zero attached hydrogens (tertiary/aromatic N) is 1. The van der Waals surface area contributed by atoms with Gasteiger partial charge in [0.25, 0.3) is 0 Å². The number of hydrogen-bond acceptors (Lipinski definition) is 1. The van der Waals surface area contributed by atoms with Gasteiger partial charge in [0.1, 0.15) is 0 Å². The molecule has 0 radical (unpaired) electrons. The quantitative estimate of drug-likeness (QED) is 0.681. The molecular weight excluding hydrogens is 289 g/mol. The average molecular weight is 307 g/mol. The molecule has 0 atom stereocenters. The van der Waals surface area contributed by atoms with Crippen molar-refractivity contribution >= 4 is 0 Å². The van der Waals surface area contributed by atoms with Gasteiger partial charge in [0.15, 0.2) is 0 Å². The molecule has 59 valence electrons. The van der Waals surface area contributed by atoms with Gasteiger partial charge in [-0.15, -0.1) is 0 Å². The van der Waals surface area contributed by atoms with E-state index in [-0.39, 0.29) is 0 Å². The van der Waals surface area contributed by atoms with Gasteiger partial charge in [-0.1, -0.05) is 0 Å². The Bertz CT molecular complexity index is 58.3. The van der Waals surface area contributed by atoms with Gasteiger partial charge in [-0.25, -0.2) is 0 Å². The van der Waals surface area contributed by atoms with Crippen LogP contribution in [0.15, 0.2) is 0 Å². The van der Waals surface area contributed by atoms with Crippen LogP contribution in [0.3, 0.4) is 0 Å². The van der Waals surface area contributed by atoms with E-state index in [1.165, 1.54) is 63.4 Å². The zero-order valence-electron chi connectivity index (χ0n) is 7.19. The Labute approximate surface area is 80.1 Å². The third-order valence-corrected chi connectivity index (χ3v) is 3.17. The summed E-state index contributed by atoms with van der Waals surface area (Å²) in [6.07, 6.45) is 5.44. The van der Waals surface area contributed by atoms with Crippen molar-refractivity contribution in [3.05, 3.63) is 0 Å². The van der Waals surface area contributed by atoms with Gasteiger partial charge >= 0.3 is 80.2 Å². The van der Waals surface area contributed by atoms with Gasteiger partial charge in [0.05, 0.1) is 0 Å². The Morgan fingerprint density at radius 3 is 1.70 bits per heavy atom. The van der Waals surface area contributed by atoms with E-state index in [9.17, 15) is 0 Å². The number of rotatable bonds is 6. The molecule has 0 aromatic carbocycles. The molecule has 0 fully saturated rings. The van der Waals surface area contributed by atoms with Crippen LogP contribution >= 0.6 is 0 Å². The summed E-state index contributed by atoms with van der Waals surface area (Å²) in [7, 11) is 0. The zero-order chi connectivity index (χ0) is 7.82. The molecule has 10 heavy (non-hydrogen) atoms. The van der Waals surface area contributed by atoms with Crippen LogP contribution in [0.4, 0.5) is 0 Å². The van der Waals surface area contributed by atoms with E-state index in [2.05, 4.69) is 16.7 Å². The second kappa shape index (κ2) is 7.93. The van der Waals surface area contributed by atoms with Gasteiger partial charge < -0.3 is 0 Å². The van der Waals surface area contributed by atoms with Crippen molar-refractivity contribution < 1.29 is 24.7 Å². The molecule has 0 aliphatic carbocycles. The van der Waals surface area contributed by atoms with E-state index in [0.717, 1.165) is 0 Å². The molecule has 0 bridgehead atoms. The first-order valence-electron chi connectivity index (χ1n) is 4.27. The molecule has 0 N–H and O–H groups in total. The zero-order valence-corrected chi connectivity index (χ0v) is 10.8. The summed E-state index contributed by atoms with van der Waals surface area (Å²) in [5, 5.41) is 0. The summed E-state index contributed by atoms with van der Waals surface area (Å²) < 4.78 is 2.56. The topological polar surface area (TPSA) is 3.24 Å². The fourth-order valence-corrected chi connectivity index (χ4v) is 1.95. The van der Waals surface area contributed by atoms with E-state index >= 15 is 0 Å². The van der Waals surface area contributed by atoms with Crippen molar-refractivity contribution in [2.75, 3.05) is 13.1 Å². The Hall–Kier alpha value is 0.830. The maximum atomic E-state index is 2.56. The molecule has 0 amide bonds. The fourth-order valence-electron chi connectivity index (χ4n) is 0.810. The van der Waals surface area contributed by atoms with Crippen molar-refractivity contribution in [2.24, 2.45) is 0 Å². The molecule has 0 saturated heterocycles. The number of unbranched alkanes of at least 4 members (excludes halogenated alkanes) is 2. The first kappa shape index (κ1) is 10.8. The Balaban J connectivity index is 3.00. The molecule has 1 nitrogen and oxygen atoms in total. The molecule has 2 heteroatoms. The molecular formula is C8H18HfN. The summed E-state index contributed by atoms with van der Waals surface area (Å²) in [6, 6.07) is 0. The molecule has 0 rings (SSSR count). The predicted molar refractivity (Wildman–Crippen MR) is 41.4 cm³/mol.